The number of hydrogen-bond acceptors (Lipinski definition) is 1. The first kappa shape index (κ1) is 9.38. The van der Waals surface area contributed by atoms with E-state index in [9.17, 15) is 0 Å². The maximum absolute atomic E-state index is 5.65. The Kier molecular flexibility index (Phi) is 2.14. The molecule has 1 nitrogen and oxygen atoms in total. The van der Waals surface area contributed by atoms with Crippen LogP contribution in [0.4, 0.5) is 0 Å². The minimum absolute atomic E-state index is 0.0719. The molecule has 14 heavy (non-hydrogen) atoms. The monoisotopic (exact) mass is 184 g/mol. The molecule has 2 heteroatoms. The van der Waals surface area contributed by atoms with Crippen molar-refractivity contribution in [2.75, 3.05) is 7.11 Å². The summed E-state index contributed by atoms with van der Waals surface area (Å²) in [6.07, 6.45) is 2.26. The molecule has 0 saturated heterocycles. The summed E-state index contributed by atoms with van der Waals surface area (Å²) >= 11 is 0. The number of benzene rings is 1. The highest BCUT2D eigenvalue weighted by molar-refractivity contribution is 6.32. The number of ether oxygens (including phenoxy) is 1. The molecule has 0 amide bonds. The van der Waals surface area contributed by atoms with Crippen LogP contribution in [-0.4, -0.2) is 15.0 Å². The van der Waals surface area contributed by atoms with E-state index < -0.39 is 0 Å². The van der Waals surface area contributed by atoms with Crippen molar-refractivity contribution in [1.29, 1.82) is 0 Å². The zero-order valence-electron chi connectivity index (χ0n) is 8.42. The van der Waals surface area contributed by atoms with Gasteiger partial charge in [-0.2, -0.15) is 0 Å². The molecule has 2 rings (SSSR count). The van der Waals surface area contributed by atoms with Crippen molar-refractivity contribution in [3.8, 4) is 0 Å². The molecule has 1 aromatic carbocycles. The molecular formula is C12H13BO. The second-order valence-electron chi connectivity index (χ2n) is 3.83. The molecular weight excluding hydrogens is 171 g/mol. The van der Waals surface area contributed by atoms with E-state index in [0.29, 0.717) is 0 Å². The highest BCUT2D eigenvalue weighted by Crippen LogP contribution is 2.53. The molecule has 1 fully saturated rings. The summed E-state index contributed by atoms with van der Waals surface area (Å²) in [5.74, 6) is 0.863. The normalized spacial score (nSPS) is 17.5. The third-order valence-corrected chi connectivity index (χ3v) is 2.99. The van der Waals surface area contributed by atoms with Gasteiger partial charge in [-0.15, -0.1) is 0 Å². The van der Waals surface area contributed by atoms with Gasteiger partial charge in [-0.1, -0.05) is 36.3 Å². The number of hydrogen-bond donors (Lipinski definition) is 0. The van der Waals surface area contributed by atoms with Crippen LogP contribution in [0.1, 0.15) is 18.4 Å². The molecule has 0 bridgehead atoms. The fourth-order valence-corrected chi connectivity index (χ4v) is 1.85. The predicted octanol–water partition coefficient (Wildman–Crippen LogP) is 1.67. The minimum atomic E-state index is 0.0719. The first-order chi connectivity index (χ1) is 6.69. The Morgan fingerprint density at radius 2 is 1.93 bits per heavy atom. The Labute approximate surface area is 86.2 Å². The lowest BCUT2D eigenvalue weighted by Crippen LogP contribution is -2.12. The van der Waals surface area contributed by atoms with Crippen LogP contribution in [0.15, 0.2) is 36.6 Å². The molecule has 0 N–H and O–H groups in total. The molecule has 1 aliphatic carbocycles. The molecule has 0 aliphatic heterocycles. The van der Waals surface area contributed by atoms with Gasteiger partial charge in [-0.3, -0.25) is 0 Å². The van der Waals surface area contributed by atoms with Crippen LogP contribution in [0.5, 0.6) is 0 Å². The summed E-state index contributed by atoms with van der Waals surface area (Å²) in [6.45, 7) is 3.95. The Balaban J connectivity index is 2.31. The second kappa shape index (κ2) is 3.20. The highest BCUT2D eigenvalue weighted by atomic mass is 16.5. The standard InChI is InChI=1S/C12H13BO/c1-9(14-2)12(7-8-12)10-3-5-11(13)6-4-10/h3-6H,1,7-8H2,2H3. The van der Waals surface area contributed by atoms with Gasteiger partial charge in [0.05, 0.1) is 18.3 Å². The SMILES string of the molecule is [B]c1ccc(C2(C(=C)OC)CC2)cc1. The van der Waals surface area contributed by atoms with E-state index in [2.05, 4.69) is 18.7 Å². The first-order valence-electron chi connectivity index (χ1n) is 4.78. The largest absolute Gasteiger partial charge is 0.501 e. The smallest absolute Gasteiger partial charge is 0.113 e. The van der Waals surface area contributed by atoms with E-state index in [1.54, 1.807) is 7.11 Å². The number of allylic oxidation sites excluding steroid dienone is 1. The van der Waals surface area contributed by atoms with Gasteiger partial charge in [0.1, 0.15) is 7.85 Å². The summed E-state index contributed by atoms with van der Waals surface area (Å²) in [4.78, 5) is 0. The van der Waals surface area contributed by atoms with Crippen molar-refractivity contribution in [2.24, 2.45) is 0 Å². The highest BCUT2D eigenvalue weighted by Gasteiger charge is 2.47. The Morgan fingerprint density at radius 1 is 1.36 bits per heavy atom. The van der Waals surface area contributed by atoms with Crippen LogP contribution in [0, 0.1) is 0 Å². The van der Waals surface area contributed by atoms with Crippen LogP contribution in [0.2, 0.25) is 0 Å². The van der Waals surface area contributed by atoms with E-state index in [-0.39, 0.29) is 5.41 Å². The lowest BCUT2D eigenvalue weighted by Gasteiger charge is -2.17. The van der Waals surface area contributed by atoms with Crippen molar-refractivity contribution in [3.63, 3.8) is 0 Å². The van der Waals surface area contributed by atoms with Crippen LogP contribution >= 0.6 is 0 Å². The molecule has 1 aromatic rings. The number of rotatable bonds is 3. The molecule has 0 atom stereocenters. The van der Waals surface area contributed by atoms with Crippen LogP contribution in [0.3, 0.4) is 0 Å². The zero-order valence-corrected chi connectivity index (χ0v) is 8.42. The first-order valence-corrected chi connectivity index (χ1v) is 4.78. The van der Waals surface area contributed by atoms with E-state index in [1.165, 1.54) is 5.56 Å². The molecule has 1 saturated carbocycles. The summed E-state index contributed by atoms with van der Waals surface area (Å²) in [6, 6.07) is 7.98. The van der Waals surface area contributed by atoms with Crippen molar-refractivity contribution in [1.82, 2.24) is 0 Å². The average molecular weight is 184 g/mol. The summed E-state index contributed by atoms with van der Waals surface area (Å²) < 4.78 is 5.24. The average Bonchev–Trinajstić information content (AvgIpc) is 2.99. The summed E-state index contributed by atoms with van der Waals surface area (Å²) in [5, 5.41) is 0. The van der Waals surface area contributed by atoms with Crippen molar-refractivity contribution >= 4 is 13.3 Å². The van der Waals surface area contributed by atoms with Gasteiger partial charge in [-0.25, -0.2) is 0 Å². The topological polar surface area (TPSA) is 9.23 Å². The minimum Gasteiger partial charge on any atom is -0.501 e. The van der Waals surface area contributed by atoms with E-state index >= 15 is 0 Å². The van der Waals surface area contributed by atoms with Gasteiger partial charge in [0.15, 0.2) is 0 Å². The van der Waals surface area contributed by atoms with Crippen molar-refractivity contribution in [2.45, 2.75) is 18.3 Å². The molecule has 70 valence electrons. The molecule has 0 heterocycles. The van der Waals surface area contributed by atoms with Crippen LogP contribution < -0.4 is 5.46 Å². The lowest BCUT2D eigenvalue weighted by atomic mass is 9.89. The Bertz CT molecular complexity index is 349. The predicted molar refractivity (Wildman–Crippen MR) is 58.9 cm³/mol. The third kappa shape index (κ3) is 1.35. The Hall–Kier alpha value is -1.18. The van der Waals surface area contributed by atoms with Gasteiger partial charge in [0.25, 0.3) is 0 Å². The van der Waals surface area contributed by atoms with E-state index in [0.717, 1.165) is 24.1 Å². The quantitative estimate of drug-likeness (QED) is 0.512. The van der Waals surface area contributed by atoms with Gasteiger partial charge in [0, 0.05) is 0 Å². The second-order valence-corrected chi connectivity index (χ2v) is 3.83. The van der Waals surface area contributed by atoms with Crippen molar-refractivity contribution in [3.05, 3.63) is 42.2 Å². The van der Waals surface area contributed by atoms with Crippen molar-refractivity contribution < 1.29 is 4.74 Å². The zero-order chi connectivity index (χ0) is 10.2. The van der Waals surface area contributed by atoms with Gasteiger partial charge in [0.2, 0.25) is 0 Å². The third-order valence-electron chi connectivity index (χ3n) is 2.99. The van der Waals surface area contributed by atoms with Crippen LogP contribution in [-0.2, 0) is 10.2 Å². The molecule has 2 radical (unpaired) electrons. The lowest BCUT2D eigenvalue weighted by molar-refractivity contribution is 0.260. The van der Waals surface area contributed by atoms with Crippen LogP contribution in [0.25, 0.3) is 0 Å². The van der Waals surface area contributed by atoms with Gasteiger partial charge < -0.3 is 4.74 Å². The molecule has 0 spiro atoms. The van der Waals surface area contributed by atoms with Gasteiger partial charge >= 0.3 is 0 Å². The maximum atomic E-state index is 5.65. The van der Waals surface area contributed by atoms with E-state index in [4.69, 9.17) is 12.6 Å². The summed E-state index contributed by atoms with van der Waals surface area (Å²) in [5.41, 5.74) is 2.13. The van der Waals surface area contributed by atoms with E-state index in [1.807, 2.05) is 12.1 Å². The fraction of sp³-hybridized carbons (Fsp3) is 0.333. The molecule has 0 unspecified atom stereocenters. The number of methoxy groups -OCH3 is 1. The van der Waals surface area contributed by atoms with Gasteiger partial charge in [-0.05, 0) is 18.4 Å². The molecule has 1 aliphatic rings. The maximum Gasteiger partial charge on any atom is 0.113 e. The molecule has 0 aromatic heterocycles. The Morgan fingerprint density at radius 3 is 2.36 bits per heavy atom. The summed E-state index contributed by atoms with van der Waals surface area (Å²) in [7, 11) is 7.33. The fourth-order valence-electron chi connectivity index (χ4n) is 1.85.